The minimum atomic E-state index is -1.13. The van der Waals surface area contributed by atoms with Crippen LogP contribution in [0.3, 0.4) is 0 Å². The first-order chi connectivity index (χ1) is 15.4. The molecule has 0 aliphatic carbocycles. The number of hydrogen-bond acceptors (Lipinski definition) is 3. The van der Waals surface area contributed by atoms with Crippen molar-refractivity contribution in [3.8, 4) is 5.75 Å². The largest absolute Gasteiger partial charge is 0.497 e. The smallest absolute Gasteiger partial charge is 0.255 e. The summed E-state index contributed by atoms with van der Waals surface area (Å²) >= 11 is 0. The van der Waals surface area contributed by atoms with Gasteiger partial charge in [0.1, 0.15) is 5.75 Å². The second kappa shape index (κ2) is 8.71. The molecule has 0 radical (unpaired) electrons. The van der Waals surface area contributed by atoms with Crippen LogP contribution in [0.1, 0.15) is 23.1 Å². The van der Waals surface area contributed by atoms with E-state index in [2.05, 4.69) is 5.32 Å². The molecular weight excluding hydrogens is 400 g/mol. The van der Waals surface area contributed by atoms with Gasteiger partial charge in [-0.3, -0.25) is 14.5 Å². The number of ether oxygens (including phenoxy) is 1. The highest BCUT2D eigenvalue weighted by Crippen LogP contribution is 2.40. The number of nitrogens with one attached hydrogen (secondary N) is 1. The molecule has 1 N–H and O–H groups in total. The number of aryl methyl sites for hydroxylation is 2. The normalized spacial score (nSPS) is 17.8. The van der Waals surface area contributed by atoms with Crippen LogP contribution in [0.5, 0.6) is 5.75 Å². The second-order valence-corrected chi connectivity index (χ2v) is 8.04. The average Bonchev–Trinajstić information content (AvgIpc) is 2.80. The van der Waals surface area contributed by atoms with Crippen molar-refractivity contribution in [2.24, 2.45) is 0 Å². The highest BCUT2D eigenvalue weighted by Gasteiger charge is 2.55. The quantitative estimate of drug-likeness (QED) is 0.555. The van der Waals surface area contributed by atoms with Gasteiger partial charge in [-0.2, -0.15) is 0 Å². The highest BCUT2D eigenvalue weighted by molar-refractivity contribution is 6.18. The standard InChI is InChI=1S/C27H26N2O3/c1-19-9-10-20(2)24(17-19)28-26(31)27(16-15-21-7-5-4-6-8-21)18-25(30)29(27)22-11-13-23(32-3)14-12-22/h4-17H,18H2,1-3H3,(H,28,31)/b16-15+/t27-/m0/s1. The van der Waals surface area contributed by atoms with E-state index in [-0.39, 0.29) is 18.2 Å². The third-order valence-corrected chi connectivity index (χ3v) is 5.79. The molecule has 0 spiro atoms. The molecule has 5 heteroatoms. The van der Waals surface area contributed by atoms with Crippen LogP contribution in [0.25, 0.3) is 6.08 Å². The number of methoxy groups -OCH3 is 1. The van der Waals surface area contributed by atoms with Gasteiger partial charge < -0.3 is 10.1 Å². The number of β-lactam (4-membered cyclic amide) rings is 1. The van der Waals surface area contributed by atoms with E-state index in [4.69, 9.17) is 4.74 Å². The molecule has 1 fully saturated rings. The van der Waals surface area contributed by atoms with Gasteiger partial charge in [0.2, 0.25) is 5.91 Å². The monoisotopic (exact) mass is 426 g/mol. The van der Waals surface area contributed by atoms with E-state index in [0.717, 1.165) is 22.4 Å². The lowest BCUT2D eigenvalue weighted by Crippen LogP contribution is -2.68. The molecule has 3 aromatic carbocycles. The van der Waals surface area contributed by atoms with Crippen molar-refractivity contribution < 1.29 is 14.3 Å². The first-order valence-electron chi connectivity index (χ1n) is 10.5. The molecule has 1 aliphatic rings. The van der Waals surface area contributed by atoms with E-state index in [9.17, 15) is 9.59 Å². The van der Waals surface area contributed by atoms with Gasteiger partial charge in [0.15, 0.2) is 5.54 Å². The molecular formula is C27H26N2O3. The Balaban J connectivity index is 1.74. The summed E-state index contributed by atoms with van der Waals surface area (Å²) in [5.74, 6) is 0.338. The van der Waals surface area contributed by atoms with E-state index in [1.165, 1.54) is 0 Å². The minimum Gasteiger partial charge on any atom is -0.497 e. The average molecular weight is 427 g/mol. The summed E-state index contributed by atoms with van der Waals surface area (Å²) < 4.78 is 5.24. The van der Waals surface area contributed by atoms with E-state index < -0.39 is 5.54 Å². The van der Waals surface area contributed by atoms with Crippen LogP contribution in [0.15, 0.2) is 78.9 Å². The topological polar surface area (TPSA) is 58.6 Å². The Morgan fingerprint density at radius 2 is 1.75 bits per heavy atom. The van der Waals surface area contributed by atoms with Gasteiger partial charge in [-0.25, -0.2) is 0 Å². The third kappa shape index (κ3) is 4.02. The first kappa shape index (κ1) is 21.4. The van der Waals surface area contributed by atoms with Gasteiger partial charge in [0, 0.05) is 11.4 Å². The summed E-state index contributed by atoms with van der Waals surface area (Å²) in [6.45, 7) is 3.94. The Morgan fingerprint density at radius 3 is 2.41 bits per heavy atom. The fourth-order valence-electron chi connectivity index (χ4n) is 3.92. The highest BCUT2D eigenvalue weighted by atomic mass is 16.5. The number of carbonyl (C=O) groups excluding carboxylic acids is 2. The van der Waals surface area contributed by atoms with Crippen LogP contribution in [-0.4, -0.2) is 24.5 Å². The van der Waals surface area contributed by atoms with Gasteiger partial charge >= 0.3 is 0 Å². The van der Waals surface area contributed by atoms with E-state index in [1.54, 1.807) is 36.3 Å². The van der Waals surface area contributed by atoms with Gasteiger partial charge in [-0.1, -0.05) is 48.5 Å². The maximum absolute atomic E-state index is 13.7. The number of carbonyl (C=O) groups is 2. The Hall–Kier alpha value is -3.86. The van der Waals surface area contributed by atoms with Crippen LogP contribution in [0.2, 0.25) is 0 Å². The maximum atomic E-state index is 13.7. The predicted molar refractivity (Wildman–Crippen MR) is 128 cm³/mol. The zero-order valence-electron chi connectivity index (χ0n) is 18.5. The zero-order chi connectivity index (χ0) is 22.7. The summed E-state index contributed by atoms with van der Waals surface area (Å²) in [6.07, 6.45) is 3.82. The number of anilines is 2. The van der Waals surface area contributed by atoms with Crippen LogP contribution in [-0.2, 0) is 9.59 Å². The molecule has 1 heterocycles. The van der Waals surface area contributed by atoms with Gasteiger partial charge in [-0.15, -0.1) is 0 Å². The summed E-state index contributed by atoms with van der Waals surface area (Å²) in [5, 5.41) is 3.06. The molecule has 0 aromatic heterocycles. The summed E-state index contributed by atoms with van der Waals surface area (Å²) in [6, 6.07) is 22.8. The van der Waals surface area contributed by atoms with Gasteiger partial charge in [-0.05, 0) is 66.9 Å². The number of nitrogens with zero attached hydrogens (tertiary/aromatic N) is 1. The molecule has 1 saturated heterocycles. The first-order valence-corrected chi connectivity index (χ1v) is 10.5. The lowest BCUT2D eigenvalue weighted by Gasteiger charge is -2.48. The van der Waals surface area contributed by atoms with E-state index in [1.807, 2.05) is 74.5 Å². The molecule has 0 unspecified atom stereocenters. The second-order valence-electron chi connectivity index (χ2n) is 8.04. The fourth-order valence-corrected chi connectivity index (χ4v) is 3.92. The summed E-state index contributed by atoms with van der Waals surface area (Å²) in [5.41, 5.74) is 3.25. The van der Waals surface area contributed by atoms with Gasteiger partial charge in [0.25, 0.3) is 5.91 Å². The molecule has 2 amide bonds. The fraction of sp³-hybridized carbons (Fsp3) is 0.185. The van der Waals surface area contributed by atoms with Crippen LogP contribution in [0.4, 0.5) is 11.4 Å². The van der Waals surface area contributed by atoms with Crippen LogP contribution >= 0.6 is 0 Å². The van der Waals surface area contributed by atoms with Gasteiger partial charge in [0.05, 0.1) is 13.5 Å². The van der Waals surface area contributed by atoms with E-state index >= 15 is 0 Å². The Bertz CT molecular complexity index is 1170. The molecule has 0 saturated carbocycles. The van der Waals surface area contributed by atoms with Crippen molar-refractivity contribution in [3.63, 3.8) is 0 Å². The molecule has 5 nitrogen and oxygen atoms in total. The summed E-state index contributed by atoms with van der Waals surface area (Å²) in [4.78, 5) is 28.0. The van der Waals surface area contributed by atoms with Crippen LogP contribution < -0.4 is 15.0 Å². The van der Waals surface area contributed by atoms with Crippen molar-refractivity contribution in [1.82, 2.24) is 0 Å². The van der Waals surface area contributed by atoms with Crippen molar-refractivity contribution in [3.05, 3.63) is 95.6 Å². The minimum absolute atomic E-state index is 0.0963. The third-order valence-electron chi connectivity index (χ3n) is 5.79. The molecule has 162 valence electrons. The lowest BCUT2D eigenvalue weighted by atomic mass is 9.81. The molecule has 3 aromatic rings. The Labute approximate surface area is 188 Å². The lowest BCUT2D eigenvalue weighted by molar-refractivity contribution is -0.134. The molecule has 32 heavy (non-hydrogen) atoms. The Morgan fingerprint density at radius 1 is 1.03 bits per heavy atom. The molecule has 0 bridgehead atoms. The maximum Gasteiger partial charge on any atom is 0.255 e. The molecule has 4 rings (SSSR count). The van der Waals surface area contributed by atoms with Crippen molar-refractivity contribution >= 4 is 29.3 Å². The SMILES string of the molecule is COc1ccc(N2C(=O)C[C@@]2(/C=C/c2ccccc2)C(=O)Nc2cc(C)ccc2C)cc1. The number of benzene rings is 3. The number of rotatable bonds is 6. The van der Waals surface area contributed by atoms with Crippen molar-refractivity contribution in [2.75, 3.05) is 17.3 Å². The Kier molecular flexibility index (Phi) is 5.82. The summed E-state index contributed by atoms with van der Waals surface area (Å²) in [7, 11) is 1.59. The molecule has 1 atom stereocenters. The molecule has 1 aliphatic heterocycles. The predicted octanol–water partition coefficient (Wildman–Crippen LogP) is 5.14. The number of hydrogen-bond donors (Lipinski definition) is 1. The van der Waals surface area contributed by atoms with E-state index in [0.29, 0.717) is 11.4 Å². The number of amides is 2. The van der Waals surface area contributed by atoms with Crippen molar-refractivity contribution in [2.45, 2.75) is 25.8 Å². The zero-order valence-corrected chi connectivity index (χ0v) is 18.5. The van der Waals surface area contributed by atoms with Crippen LogP contribution in [0, 0.1) is 13.8 Å². The van der Waals surface area contributed by atoms with Crippen molar-refractivity contribution in [1.29, 1.82) is 0 Å².